The van der Waals surface area contributed by atoms with Crippen molar-refractivity contribution >= 4 is 28.0 Å². The number of nitrogens with one attached hydrogen (secondary N) is 1. The molecule has 3 rings (SSSR count). The number of thiazole rings is 1. The summed E-state index contributed by atoms with van der Waals surface area (Å²) in [7, 11) is 0. The summed E-state index contributed by atoms with van der Waals surface area (Å²) in [6.45, 7) is 0.495. The highest BCUT2D eigenvalue weighted by Crippen LogP contribution is 2.28. The lowest BCUT2D eigenvalue weighted by atomic mass is 10.0. The maximum atomic E-state index is 12.1. The molecule has 0 unspecified atom stereocenters. The van der Waals surface area contributed by atoms with Crippen molar-refractivity contribution in [3.05, 3.63) is 58.5 Å². The Labute approximate surface area is 126 Å². The molecule has 0 radical (unpaired) electrons. The number of nitrogens with zero attached hydrogens (tertiary/aromatic N) is 1. The van der Waals surface area contributed by atoms with E-state index in [1.807, 2.05) is 29.6 Å². The molecule has 0 aliphatic carbocycles. The van der Waals surface area contributed by atoms with Gasteiger partial charge in [0.05, 0.1) is 16.8 Å². The largest absolute Gasteiger partial charge is 0.506 e. The number of aromatic nitrogens is 1. The number of hydrogen-bond donors (Lipinski definition) is 2. The summed E-state index contributed by atoms with van der Waals surface area (Å²) in [6, 6.07) is 10.9. The third kappa shape index (κ3) is 2.87. The van der Waals surface area contributed by atoms with Gasteiger partial charge < -0.3 is 10.4 Å². The fourth-order valence-corrected chi connectivity index (χ4v) is 2.79. The monoisotopic (exact) mass is 298 g/mol. The third-order valence-corrected chi connectivity index (χ3v) is 3.93. The first-order valence-electron chi connectivity index (χ1n) is 6.61. The molecule has 5 heteroatoms. The van der Waals surface area contributed by atoms with Gasteiger partial charge in [-0.05, 0) is 11.5 Å². The molecule has 21 heavy (non-hydrogen) atoms. The van der Waals surface area contributed by atoms with Gasteiger partial charge in [0.15, 0.2) is 0 Å². The second-order valence-electron chi connectivity index (χ2n) is 4.67. The maximum absolute atomic E-state index is 12.1. The Hall–Kier alpha value is -2.40. The number of phenols is 1. The van der Waals surface area contributed by atoms with Gasteiger partial charge >= 0.3 is 0 Å². The first-order valence-corrected chi connectivity index (χ1v) is 7.56. The first kappa shape index (κ1) is 13.6. The van der Waals surface area contributed by atoms with Gasteiger partial charge in [-0.1, -0.05) is 30.3 Å². The van der Waals surface area contributed by atoms with E-state index in [0.29, 0.717) is 23.9 Å². The minimum Gasteiger partial charge on any atom is -0.506 e. The standard InChI is InChI=1S/C16H14N2O2S/c19-15-13-4-2-1-3-11(13)5-6-14(15)16(20)17-8-7-12-9-21-10-18-12/h1-6,9-10,19H,7-8H2,(H,17,20). The molecule has 0 bridgehead atoms. The Kier molecular flexibility index (Phi) is 3.83. The van der Waals surface area contributed by atoms with Crippen LogP contribution >= 0.6 is 11.3 Å². The smallest absolute Gasteiger partial charge is 0.255 e. The van der Waals surface area contributed by atoms with Gasteiger partial charge in [0.25, 0.3) is 5.91 Å². The van der Waals surface area contributed by atoms with Gasteiger partial charge in [0, 0.05) is 23.7 Å². The normalized spacial score (nSPS) is 10.7. The molecule has 0 atom stereocenters. The molecule has 0 saturated heterocycles. The van der Waals surface area contributed by atoms with Crippen molar-refractivity contribution in [1.82, 2.24) is 10.3 Å². The van der Waals surface area contributed by atoms with E-state index in [1.165, 1.54) is 11.3 Å². The van der Waals surface area contributed by atoms with Gasteiger partial charge in [-0.15, -0.1) is 11.3 Å². The van der Waals surface area contributed by atoms with Gasteiger partial charge in [0.2, 0.25) is 0 Å². The van der Waals surface area contributed by atoms with Gasteiger partial charge in [-0.2, -0.15) is 0 Å². The predicted molar refractivity (Wildman–Crippen MR) is 83.8 cm³/mol. The highest BCUT2D eigenvalue weighted by Gasteiger charge is 2.13. The molecule has 0 fully saturated rings. The lowest BCUT2D eigenvalue weighted by Gasteiger charge is -2.08. The Morgan fingerprint density at radius 1 is 1.24 bits per heavy atom. The molecule has 2 N–H and O–H groups in total. The van der Waals surface area contributed by atoms with Crippen LogP contribution in [-0.4, -0.2) is 22.5 Å². The van der Waals surface area contributed by atoms with Crippen LogP contribution in [0.25, 0.3) is 10.8 Å². The number of benzene rings is 2. The molecular weight excluding hydrogens is 284 g/mol. The lowest BCUT2D eigenvalue weighted by Crippen LogP contribution is -2.25. The van der Waals surface area contributed by atoms with E-state index in [4.69, 9.17) is 0 Å². The van der Waals surface area contributed by atoms with Crippen LogP contribution in [0.1, 0.15) is 16.1 Å². The van der Waals surface area contributed by atoms with Crippen molar-refractivity contribution in [2.45, 2.75) is 6.42 Å². The molecule has 106 valence electrons. The number of aromatic hydroxyl groups is 1. The summed E-state index contributed by atoms with van der Waals surface area (Å²) in [6.07, 6.45) is 0.684. The van der Waals surface area contributed by atoms with E-state index >= 15 is 0 Å². The van der Waals surface area contributed by atoms with Gasteiger partial charge in [-0.3, -0.25) is 4.79 Å². The van der Waals surface area contributed by atoms with Crippen LogP contribution in [0, 0.1) is 0 Å². The van der Waals surface area contributed by atoms with Crippen LogP contribution in [0.3, 0.4) is 0 Å². The van der Waals surface area contributed by atoms with Crippen LogP contribution < -0.4 is 5.32 Å². The lowest BCUT2D eigenvalue weighted by molar-refractivity contribution is 0.0951. The topological polar surface area (TPSA) is 62.2 Å². The Morgan fingerprint density at radius 2 is 2.10 bits per heavy atom. The van der Waals surface area contributed by atoms with Crippen LogP contribution in [0.15, 0.2) is 47.3 Å². The summed E-state index contributed by atoms with van der Waals surface area (Å²) >= 11 is 1.53. The van der Waals surface area contributed by atoms with Crippen molar-refractivity contribution in [2.75, 3.05) is 6.54 Å². The number of amides is 1. The second-order valence-corrected chi connectivity index (χ2v) is 5.39. The summed E-state index contributed by atoms with van der Waals surface area (Å²) in [5.74, 6) is -0.243. The highest BCUT2D eigenvalue weighted by molar-refractivity contribution is 7.07. The molecule has 0 saturated carbocycles. The van der Waals surface area contributed by atoms with Crippen LogP contribution in [0.2, 0.25) is 0 Å². The maximum Gasteiger partial charge on any atom is 0.255 e. The van der Waals surface area contributed by atoms with E-state index in [9.17, 15) is 9.90 Å². The Balaban J connectivity index is 1.74. The van der Waals surface area contributed by atoms with Gasteiger partial charge in [-0.25, -0.2) is 4.98 Å². The second kappa shape index (κ2) is 5.93. The minimum absolute atomic E-state index is 0.0271. The third-order valence-electron chi connectivity index (χ3n) is 3.30. The number of rotatable bonds is 4. The Bertz CT molecular complexity index is 769. The van der Waals surface area contributed by atoms with Crippen molar-refractivity contribution in [3.63, 3.8) is 0 Å². The number of hydrogen-bond acceptors (Lipinski definition) is 4. The molecular formula is C16H14N2O2S. The molecule has 4 nitrogen and oxygen atoms in total. The minimum atomic E-state index is -0.270. The Morgan fingerprint density at radius 3 is 2.90 bits per heavy atom. The molecule has 1 amide bonds. The van der Waals surface area contributed by atoms with Crippen molar-refractivity contribution in [2.24, 2.45) is 0 Å². The highest BCUT2D eigenvalue weighted by atomic mass is 32.1. The number of carbonyl (C=O) groups excluding carboxylic acids is 1. The van der Waals surface area contributed by atoms with E-state index in [2.05, 4.69) is 10.3 Å². The molecule has 2 aromatic carbocycles. The summed E-state index contributed by atoms with van der Waals surface area (Å²) in [5.41, 5.74) is 3.03. The average molecular weight is 298 g/mol. The predicted octanol–water partition coefficient (Wildman–Crippen LogP) is 2.97. The van der Waals surface area contributed by atoms with Crippen LogP contribution in [0.5, 0.6) is 5.75 Å². The van der Waals surface area contributed by atoms with Crippen molar-refractivity contribution in [3.8, 4) is 5.75 Å². The average Bonchev–Trinajstić information content (AvgIpc) is 3.01. The van der Waals surface area contributed by atoms with Crippen molar-refractivity contribution < 1.29 is 9.90 Å². The van der Waals surface area contributed by atoms with Crippen molar-refractivity contribution in [1.29, 1.82) is 0 Å². The van der Waals surface area contributed by atoms with Crippen LogP contribution in [0.4, 0.5) is 0 Å². The number of fused-ring (bicyclic) bond motifs is 1. The van der Waals surface area contributed by atoms with E-state index in [-0.39, 0.29) is 11.7 Å². The van der Waals surface area contributed by atoms with E-state index in [0.717, 1.165) is 11.1 Å². The summed E-state index contributed by atoms with van der Waals surface area (Å²) in [4.78, 5) is 16.3. The zero-order valence-electron chi connectivity index (χ0n) is 11.2. The number of carbonyl (C=O) groups is 1. The van der Waals surface area contributed by atoms with E-state index in [1.54, 1.807) is 17.6 Å². The SMILES string of the molecule is O=C(NCCc1cscn1)c1ccc2ccccc2c1O. The molecule has 1 aromatic heterocycles. The number of phenolic OH excluding ortho intramolecular Hbond substituents is 1. The fourth-order valence-electron chi connectivity index (χ4n) is 2.20. The van der Waals surface area contributed by atoms with Gasteiger partial charge in [0.1, 0.15) is 5.75 Å². The summed E-state index contributed by atoms with van der Waals surface area (Å²) in [5, 5.41) is 16.6. The fraction of sp³-hybridized carbons (Fsp3) is 0.125. The molecule has 0 aliphatic heterocycles. The summed E-state index contributed by atoms with van der Waals surface area (Å²) < 4.78 is 0. The molecule has 0 aliphatic rings. The zero-order valence-corrected chi connectivity index (χ0v) is 12.1. The van der Waals surface area contributed by atoms with E-state index < -0.39 is 0 Å². The quantitative estimate of drug-likeness (QED) is 0.778. The van der Waals surface area contributed by atoms with Crippen LogP contribution in [-0.2, 0) is 6.42 Å². The molecule has 0 spiro atoms. The molecule has 1 heterocycles. The first-order chi connectivity index (χ1) is 10.3. The molecule has 3 aromatic rings. The zero-order chi connectivity index (χ0) is 14.7.